The zero-order chi connectivity index (χ0) is 8.69. The van der Waals surface area contributed by atoms with Gasteiger partial charge in [0.1, 0.15) is 0 Å². The molecule has 1 aliphatic carbocycles. The number of halogens is 3. The van der Waals surface area contributed by atoms with Gasteiger partial charge in [-0.15, -0.1) is 0 Å². The second kappa shape index (κ2) is 6.46. The highest BCUT2D eigenvalue weighted by molar-refractivity contribution is 4.66. The van der Waals surface area contributed by atoms with Crippen LogP contribution in [0.1, 0.15) is 32.1 Å². The molecule has 4 heteroatoms. The SMILES string of the molecule is FC(F)F.NC1CCCCC1. The fourth-order valence-electron chi connectivity index (χ4n) is 1.13. The summed E-state index contributed by atoms with van der Waals surface area (Å²) in [7, 11) is 0. The number of rotatable bonds is 0. The average Bonchev–Trinajstić information content (AvgIpc) is 1.87. The summed E-state index contributed by atoms with van der Waals surface area (Å²) in [5, 5.41) is 0. The van der Waals surface area contributed by atoms with Crippen molar-refractivity contribution >= 4 is 0 Å². The Labute approximate surface area is 64.8 Å². The van der Waals surface area contributed by atoms with Gasteiger partial charge < -0.3 is 5.73 Å². The first-order chi connectivity index (χ1) is 5.13. The fraction of sp³-hybridized carbons (Fsp3) is 1.00. The number of hydrogen-bond acceptors (Lipinski definition) is 1. The third-order valence-electron chi connectivity index (χ3n) is 1.65. The van der Waals surface area contributed by atoms with E-state index in [0.717, 1.165) is 0 Å². The van der Waals surface area contributed by atoms with E-state index in [1.54, 1.807) is 0 Å². The summed E-state index contributed by atoms with van der Waals surface area (Å²) in [6, 6.07) is 0.536. The number of nitrogens with two attached hydrogens (primary N) is 1. The molecule has 0 aromatic rings. The van der Waals surface area contributed by atoms with Gasteiger partial charge in [0.2, 0.25) is 0 Å². The molecule has 0 atom stereocenters. The van der Waals surface area contributed by atoms with Crippen LogP contribution in [-0.4, -0.2) is 12.7 Å². The van der Waals surface area contributed by atoms with Crippen molar-refractivity contribution in [2.45, 2.75) is 44.8 Å². The Morgan fingerprint density at radius 3 is 1.55 bits per heavy atom. The largest absolute Gasteiger partial charge is 0.379 e. The molecule has 1 rings (SSSR count). The maximum absolute atomic E-state index is 9.67. The molecule has 0 heterocycles. The van der Waals surface area contributed by atoms with E-state index in [4.69, 9.17) is 5.73 Å². The van der Waals surface area contributed by atoms with Gasteiger partial charge in [-0.2, -0.15) is 13.2 Å². The average molecular weight is 169 g/mol. The molecule has 0 radical (unpaired) electrons. The molecule has 1 fully saturated rings. The van der Waals surface area contributed by atoms with Crippen LogP contribution in [0, 0.1) is 0 Å². The van der Waals surface area contributed by atoms with Crippen molar-refractivity contribution < 1.29 is 13.2 Å². The lowest BCUT2D eigenvalue weighted by Crippen LogP contribution is -2.22. The lowest BCUT2D eigenvalue weighted by molar-refractivity contribution is 0.00819. The Hall–Kier alpha value is -0.250. The van der Waals surface area contributed by atoms with Crippen molar-refractivity contribution in [3.8, 4) is 0 Å². The van der Waals surface area contributed by atoms with Crippen molar-refractivity contribution in [3.63, 3.8) is 0 Å². The zero-order valence-electron chi connectivity index (χ0n) is 6.40. The van der Waals surface area contributed by atoms with Crippen LogP contribution in [0.4, 0.5) is 13.2 Å². The lowest BCUT2D eigenvalue weighted by Gasteiger charge is -2.15. The third-order valence-corrected chi connectivity index (χ3v) is 1.65. The van der Waals surface area contributed by atoms with E-state index in [-0.39, 0.29) is 0 Å². The predicted molar refractivity (Wildman–Crippen MR) is 38.2 cm³/mol. The Kier molecular flexibility index (Phi) is 6.31. The van der Waals surface area contributed by atoms with E-state index in [2.05, 4.69) is 0 Å². The molecular weight excluding hydrogens is 155 g/mol. The third kappa shape index (κ3) is 9.75. The van der Waals surface area contributed by atoms with E-state index < -0.39 is 6.68 Å². The van der Waals surface area contributed by atoms with E-state index in [9.17, 15) is 13.2 Å². The minimum atomic E-state index is -3.67. The molecule has 0 saturated heterocycles. The predicted octanol–water partition coefficient (Wildman–Crippen LogP) is 2.46. The summed E-state index contributed by atoms with van der Waals surface area (Å²) in [5.41, 5.74) is 5.63. The monoisotopic (exact) mass is 169 g/mol. The van der Waals surface area contributed by atoms with E-state index in [1.807, 2.05) is 0 Å². The minimum absolute atomic E-state index is 0.536. The van der Waals surface area contributed by atoms with E-state index >= 15 is 0 Å². The first-order valence-corrected chi connectivity index (χ1v) is 3.80. The van der Waals surface area contributed by atoms with Crippen LogP contribution in [0.25, 0.3) is 0 Å². The van der Waals surface area contributed by atoms with Crippen LogP contribution in [0.3, 0.4) is 0 Å². The molecule has 1 saturated carbocycles. The van der Waals surface area contributed by atoms with Gasteiger partial charge in [-0.1, -0.05) is 19.3 Å². The van der Waals surface area contributed by atoms with Crippen LogP contribution < -0.4 is 5.73 Å². The van der Waals surface area contributed by atoms with E-state index in [0.29, 0.717) is 6.04 Å². The molecule has 2 N–H and O–H groups in total. The van der Waals surface area contributed by atoms with Gasteiger partial charge in [0, 0.05) is 6.04 Å². The topological polar surface area (TPSA) is 26.0 Å². The molecule has 11 heavy (non-hydrogen) atoms. The summed E-state index contributed by atoms with van der Waals surface area (Å²) in [6.45, 7) is -3.67. The zero-order valence-corrected chi connectivity index (χ0v) is 6.40. The Morgan fingerprint density at radius 1 is 1.00 bits per heavy atom. The molecule has 0 spiro atoms. The van der Waals surface area contributed by atoms with Crippen molar-refractivity contribution in [1.82, 2.24) is 0 Å². The molecule has 0 aromatic heterocycles. The second-order valence-electron chi connectivity index (χ2n) is 2.65. The summed E-state index contributed by atoms with van der Waals surface area (Å²) in [5.74, 6) is 0. The molecule has 0 aromatic carbocycles. The highest BCUT2D eigenvalue weighted by atomic mass is 19.4. The van der Waals surface area contributed by atoms with E-state index in [1.165, 1.54) is 32.1 Å². The van der Waals surface area contributed by atoms with Gasteiger partial charge in [-0.25, -0.2) is 0 Å². The molecule has 0 amide bonds. The maximum atomic E-state index is 9.67. The smallest absolute Gasteiger partial charge is 0.328 e. The van der Waals surface area contributed by atoms with Crippen molar-refractivity contribution in [2.24, 2.45) is 5.73 Å². The Balaban J connectivity index is 0.000000218. The van der Waals surface area contributed by atoms with Crippen LogP contribution in [0.15, 0.2) is 0 Å². The highest BCUT2D eigenvalue weighted by Crippen LogP contribution is 2.14. The maximum Gasteiger partial charge on any atom is 0.379 e. The van der Waals surface area contributed by atoms with Gasteiger partial charge in [0.15, 0.2) is 0 Å². The molecule has 0 aliphatic heterocycles. The molecule has 0 unspecified atom stereocenters. The van der Waals surface area contributed by atoms with Gasteiger partial charge in [-0.05, 0) is 12.8 Å². The van der Waals surface area contributed by atoms with Gasteiger partial charge >= 0.3 is 6.68 Å². The molecule has 1 nitrogen and oxygen atoms in total. The summed E-state index contributed by atoms with van der Waals surface area (Å²) in [6.07, 6.45) is 6.66. The Morgan fingerprint density at radius 2 is 1.36 bits per heavy atom. The van der Waals surface area contributed by atoms with Crippen molar-refractivity contribution in [1.29, 1.82) is 0 Å². The molecular formula is C7H14F3N. The number of hydrogen-bond donors (Lipinski definition) is 1. The van der Waals surface area contributed by atoms with Gasteiger partial charge in [-0.3, -0.25) is 0 Å². The lowest BCUT2D eigenvalue weighted by atomic mass is 9.97. The van der Waals surface area contributed by atoms with Gasteiger partial charge in [0.25, 0.3) is 0 Å². The molecule has 1 aliphatic rings. The summed E-state index contributed by atoms with van der Waals surface area (Å²) < 4.78 is 29.0. The molecule has 0 bridgehead atoms. The highest BCUT2D eigenvalue weighted by Gasteiger charge is 2.06. The standard InChI is InChI=1S/C6H13N.CHF3/c7-6-4-2-1-3-5-6;2-1(3)4/h6H,1-5,7H2;1H. The van der Waals surface area contributed by atoms with Crippen molar-refractivity contribution in [2.75, 3.05) is 0 Å². The van der Waals surface area contributed by atoms with Crippen LogP contribution in [0.5, 0.6) is 0 Å². The fourth-order valence-corrected chi connectivity index (χ4v) is 1.13. The van der Waals surface area contributed by atoms with Crippen LogP contribution in [0.2, 0.25) is 0 Å². The first-order valence-electron chi connectivity index (χ1n) is 3.80. The summed E-state index contributed by atoms with van der Waals surface area (Å²) in [4.78, 5) is 0. The minimum Gasteiger partial charge on any atom is -0.328 e. The molecule has 68 valence electrons. The Bertz CT molecular complexity index is 79.0. The van der Waals surface area contributed by atoms with Crippen LogP contribution >= 0.6 is 0 Å². The first kappa shape index (κ1) is 10.8. The normalized spacial score (nSPS) is 19.4. The summed E-state index contributed by atoms with van der Waals surface area (Å²) >= 11 is 0. The number of alkyl halides is 3. The van der Waals surface area contributed by atoms with Crippen molar-refractivity contribution in [3.05, 3.63) is 0 Å². The van der Waals surface area contributed by atoms with Gasteiger partial charge in [0.05, 0.1) is 0 Å². The second-order valence-corrected chi connectivity index (χ2v) is 2.65. The van der Waals surface area contributed by atoms with Crippen LogP contribution in [-0.2, 0) is 0 Å². The quantitative estimate of drug-likeness (QED) is 0.592.